The first-order valence-corrected chi connectivity index (χ1v) is 11.5. The van der Waals surface area contributed by atoms with Gasteiger partial charge in [0.05, 0.1) is 0 Å². The van der Waals surface area contributed by atoms with Gasteiger partial charge in [-0.2, -0.15) is 0 Å². The lowest BCUT2D eigenvalue weighted by molar-refractivity contribution is 0.0746. The van der Waals surface area contributed by atoms with E-state index < -0.39 is 5.43 Å². The largest absolute Gasteiger partial charge is 0.376 e. The number of hydrogen-bond donors (Lipinski definition) is 1. The Hall–Kier alpha value is -3.68. The van der Waals surface area contributed by atoms with Gasteiger partial charge in [0.1, 0.15) is 17.2 Å². The van der Waals surface area contributed by atoms with Crippen LogP contribution in [0.4, 0.5) is 17.2 Å². The summed E-state index contributed by atoms with van der Waals surface area (Å²) in [7, 11) is 0. The fourth-order valence-corrected chi connectivity index (χ4v) is 4.60. The summed E-state index contributed by atoms with van der Waals surface area (Å²) in [6.07, 6.45) is 3.88. The van der Waals surface area contributed by atoms with Crippen LogP contribution >= 0.6 is 0 Å². The van der Waals surface area contributed by atoms with E-state index in [9.17, 15) is 14.4 Å². The normalized spacial score (nSPS) is 16.4. The van der Waals surface area contributed by atoms with Crippen molar-refractivity contribution in [1.29, 1.82) is 0 Å². The molecule has 170 valence electrons. The quantitative estimate of drug-likeness (QED) is 0.580. The number of rotatable bonds is 6. The average molecular weight is 446 g/mol. The molecule has 0 aliphatic carbocycles. The Morgan fingerprint density at radius 1 is 0.848 bits per heavy atom. The number of hydrogen-bond acceptors (Lipinski definition) is 7. The van der Waals surface area contributed by atoms with Gasteiger partial charge in [-0.25, -0.2) is 4.98 Å². The van der Waals surface area contributed by atoms with Gasteiger partial charge < -0.3 is 20.0 Å². The Morgan fingerprint density at radius 3 is 2.24 bits per heavy atom. The lowest BCUT2D eigenvalue weighted by Crippen LogP contribution is -2.49. The van der Waals surface area contributed by atoms with E-state index in [0.29, 0.717) is 36.6 Å². The molecule has 3 heterocycles. The molecule has 0 bridgehead atoms. The molecule has 0 spiro atoms. The molecule has 2 fully saturated rings. The molecule has 0 radical (unpaired) electrons. The predicted molar refractivity (Wildman–Crippen MR) is 129 cm³/mol. The zero-order chi connectivity index (χ0) is 22.8. The number of nitrogens with zero attached hydrogens (tertiary/aromatic N) is 4. The number of anilines is 3. The summed E-state index contributed by atoms with van der Waals surface area (Å²) < 4.78 is 0. The van der Waals surface area contributed by atoms with E-state index in [-0.39, 0.29) is 11.3 Å². The highest BCUT2D eigenvalue weighted by atomic mass is 16.2. The molecule has 33 heavy (non-hydrogen) atoms. The molecule has 8 nitrogen and oxygen atoms in total. The molecule has 2 aliphatic rings. The second kappa shape index (κ2) is 9.05. The summed E-state index contributed by atoms with van der Waals surface area (Å²) in [5.41, 5.74) is 1.74. The molecule has 2 aromatic carbocycles. The van der Waals surface area contributed by atoms with Gasteiger partial charge in [-0.3, -0.25) is 14.4 Å². The van der Waals surface area contributed by atoms with Crippen molar-refractivity contribution < 1.29 is 4.79 Å². The molecule has 1 aromatic heterocycles. The Balaban J connectivity index is 1.17. The number of pyridine rings is 1. The summed E-state index contributed by atoms with van der Waals surface area (Å²) in [6.45, 7) is 4.91. The van der Waals surface area contributed by atoms with Crippen LogP contribution in [0.25, 0.3) is 0 Å². The van der Waals surface area contributed by atoms with Gasteiger partial charge in [0.15, 0.2) is 0 Å². The number of nitrogens with one attached hydrogen (secondary N) is 1. The zero-order valence-corrected chi connectivity index (χ0v) is 18.5. The lowest BCUT2D eigenvalue weighted by atomic mass is 10.1. The fourth-order valence-electron chi connectivity index (χ4n) is 4.60. The second-order valence-corrected chi connectivity index (χ2v) is 8.59. The summed E-state index contributed by atoms with van der Waals surface area (Å²) >= 11 is 0. The van der Waals surface area contributed by atoms with Crippen molar-refractivity contribution in [3.8, 4) is 0 Å². The maximum absolute atomic E-state index is 12.9. The van der Waals surface area contributed by atoms with Crippen molar-refractivity contribution in [2.75, 3.05) is 54.4 Å². The number of aromatic nitrogens is 1. The molecule has 3 aromatic rings. The van der Waals surface area contributed by atoms with E-state index in [2.05, 4.69) is 15.2 Å². The summed E-state index contributed by atoms with van der Waals surface area (Å²) in [5, 5.41) is 3.14. The van der Waals surface area contributed by atoms with Crippen LogP contribution in [0.2, 0.25) is 0 Å². The molecule has 0 unspecified atom stereocenters. The van der Waals surface area contributed by atoms with E-state index in [4.69, 9.17) is 0 Å². The molecule has 2 saturated heterocycles. The number of carbonyl (C=O) groups excluding carboxylic acids is 1. The molecule has 0 atom stereocenters. The summed E-state index contributed by atoms with van der Waals surface area (Å²) in [5.74, 6) is 0.963. The van der Waals surface area contributed by atoms with Gasteiger partial charge >= 0.3 is 0 Å². The van der Waals surface area contributed by atoms with Crippen molar-refractivity contribution >= 4 is 23.1 Å². The molecule has 1 amide bonds. The van der Waals surface area contributed by atoms with Crippen LogP contribution in [-0.4, -0.2) is 55.1 Å². The minimum atomic E-state index is -0.437. The van der Waals surface area contributed by atoms with Gasteiger partial charge in [-0.1, -0.05) is 18.2 Å². The van der Waals surface area contributed by atoms with E-state index in [1.54, 1.807) is 6.20 Å². The minimum Gasteiger partial charge on any atom is -0.376 e. The third kappa shape index (κ3) is 4.20. The highest BCUT2D eigenvalue weighted by Gasteiger charge is 2.27. The van der Waals surface area contributed by atoms with Crippen molar-refractivity contribution in [1.82, 2.24) is 9.88 Å². The van der Waals surface area contributed by atoms with Crippen LogP contribution < -0.4 is 26.0 Å². The van der Waals surface area contributed by atoms with Crippen LogP contribution in [0.1, 0.15) is 28.8 Å². The topological polar surface area (TPSA) is 85.8 Å². The maximum atomic E-state index is 12.9. The number of benzene rings is 1. The van der Waals surface area contributed by atoms with Crippen LogP contribution in [0.5, 0.6) is 0 Å². The van der Waals surface area contributed by atoms with Crippen molar-refractivity contribution in [3.05, 3.63) is 80.2 Å². The van der Waals surface area contributed by atoms with E-state index in [1.165, 1.54) is 0 Å². The number of amides is 1. The zero-order valence-electron chi connectivity index (χ0n) is 18.5. The highest BCUT2D eigenvalue weighted by molar-refractivity contribution is 5.94. The SMILES string of the molecule is O=C(c1ccc(CNc2c(N3CCCC3)c(=O)c2=O)cc1)N1CCN(c2ccccn2)CC1. The van der Waals surface area contributed by atoms with E-state index >= 15 is 0 Å². The first kappa shape index (κ1) is 21.2. The third-order valence-electron chi connectivity index (χ3n) is 6.52. The lowest BCUT2D eigenvalue weighted by Gasteiger charge is -2.35. The second-order valence-electron chi connectivity index (χ2n) is 8.59. The number of carbonyl (C=O) groups is 1. The highest BCUT2D eigenvalue weighted by Crippen LogP contribution is 2.24. The first-order chi connectivity index (χ1) is 16.1. The van der Waals surface area contributed by atoms with Crippen LogP contribution in [0, 0.1) is 0 Å². The van der Waals surface area contributed by atoms with Gasteiger partial charge in [-0.05, 0) is 42.7 Å². The third-order valence-corrected chi connectivity index (χ3v) is 6.52. The molecular weight excluding hydrogens is 418 g/mol. The predicted octanol–water partition coefficient (Wildman–Crippen LogP) is 1.85. The van der Waals surface area contributed by atoms with E-state index in [1.807, 2.05) is 52.3 Å². The Labute approximate surface area is 192 Å². The molecule has 1 N–H and O–H groups in total. The van der Waals surface area contributed by atoms with Crippen molar-refractivity contribution in [2.45, 2.75) is 19.4 Å². The molecule has 0 saturated carbocycles. The van der Waals surface area contributed by atoms with Crippen LogP contribution in [0.3, 0.4) is 0 Å². The standard InChI is InChI=1S/C25H27N5O3/c31-23-21(22(24(23)32)29-11-3-4-12-29)27-17-18-6-8-19(9-7-18)25(33)30-15-13-28(14-16-30)20-5-1-2-10-26-20/h1-2,5-10,27H,3-4,11-17H2. The van der Waals surface area contributed by atoms with Crippen LogP contribution in [0.15, 0.2) is 58.3 Å². The van der Waals surface area contributed by atoms with Crippen LogP contribution in [-0.2, 0) is 6.54 Å². The van der Waals surface area contributed by atoms with Gasteiger partial charge in [-0.15, -0.1) is 0 Å². The maximum Gasteiger partial charge on any atom is 0.253 e. The first-order valence-electron chi connectivity index (χ1n) is 11.5. The fraction of sp³-hybridized carbons (Fsp3) is 0.360. The van der Waals surface area contributed by atoms with Crippen molar-refractivity contribution in [2.24, 2.45) is 0 Å². The Kier molecular flexibility index (Phi) is 5.81. The molecule has 2 aliphatic heterocycles. The van der Waals surface area contributed by atoms with E-state index in [0.717, 1.165) is 50.4 Å². The molecule has 8 heteroatoms. The van der Waals surface area contributed by atoms with Gasteiger partial charge in [0.25, 0.3) is 16.8 Å². The minimum absolute atomic E-state index is 0.0222. The van der Waals surface area contributed by atoms with Crippen molar-refractivity contribution in [3.63, 3.8) is 0 Å². The summed E-state index contributed by atoms with van der Waals surface area (Å²) in [4.78, 5) is 47.4. The molecule has 5 rings (SSSR count). The summed E-state index contributed by atoms with van der Waals surface area (Å²) in [6, 6.07) is 13.3. The Bertz CT molecular complexity index is 1190. The number of piperazine rings is 1. The monoisotopic (exact) mass is 445 g/mol. The average Bonchev–Trinajstić information content (AvgIpc) is 3.40. The molecular formula is C25H27N5O3. The van der Waals surface area contributed by atoms with Gasteiger partial charge in [0.2, 0.25) is 0 Å². The Morgan fingerprint density at radius 2 is 1.58 bits per heavy atom. The smallest absolute Gasteiger partial charge is 0.253 e. The van der Waals surface area contributed by atoms with Gasteiger partial charge in [0, 0.05) is 57.6 Å².